The molecule has 1 aliphatic rings. The first-order valence-corrected chi connectivity index (χ1v) is 11.5. The van der Waals surface area contributed by atoms with Crippen molar-refractivity contribution in [1.29, 1.82) is 0 Å². The molecule has 1 saturated heterocycles. The summed E-state index contributed by atoms with van der Waals surface area (Å²) in [6, 6.07) is 23.1. The predicted molar refractivity (Wildman–Crippen MR) is 138 cm³/mol. The molecule has 6 nitrogen and oxygen atoms in total. The third-order valence-corrected chi connectivity index (χ3v) is 6.64. The number of anilines is 1. The SMILES string of the molecule is COc1cccc(N2C(=S)NC(c3ccccn3)C2c2cc(C)n(-c3ccc(O)cc3)c2C)c1. The molecule has 2 aromatic heterocycles. The smallest absolute Gasteiger partial charge is 0.174 e. The Bertz CT molecular complexity index is 1330. The summed E-state index contributed by atoms with van der Waals surface area (Å²) in [4.78, 5) is 6.80. The van der Waals surface area contributed by atoms with Gasteiger partial charge in [-0.25, -0.2) is 0 Å². The molecule has 7 heteroatoms. The summed E-state index contributed by atoms with van der Waals surface area (Å²) in [6.45, 7) is 4.21. The molecule has 2 aromatic carbocycles. The number of ether oxygens (including phenoxy) is 1. The Kier molecular flexibility index (Phi) is 5.71. The van der Waals surface area contributed by atoms with Crippen molar-refractivity contribution in [2.45, 2.75) is 25.9 Å². The number of aryl methyl sites for hydroxylation is 1. The zero-order valence-corrected chi connectivity index (χ0v) is 20.1. The van der Waals surface area contributed by atoms with E-state index in [4.69, 9.17) is 17.0 Å². The molecule has 2 N–H and O–H groups in total. The molecule has 172 valence electrons. The van der Waals surface area contributed by atoms with Crippen molar-refractivity contribution in [2.75, 3.05) is 12.0 Å². The van der Waals surface area contributed by atoms with E-state index >= 15 is 0 Å². The van der Waals surface area contributed by atoms with Crippen LogP contribution in [0, 0.1) is 13.8 Å². The number of aromatic hydroxyl groups is 1. The normalized spacial score (nSPS) is 17.6. The zero-order chi connectivity index (χ0) is 23.8. The fraction of sp³-hybridized carbons (Fsp3) is 0.185. The molecule has 4 aromatic rings. The van der Waals surface area contributed by atoms with Gasteiger partial charge in [0.05, 0.1) is 24.9 Å². The molecular formula is C27H26N4O2S. The van der Waals surface area contributed by atoms with E-state index in [9.17, 15) is 5.11 Å². The van der Waals surface area contributed by atoms with Gasteiger partial charge in [-0.15, -0.1) is 0 Å². The average molecular weight is 471 g/mol. The number of nitrogens with zero attached hydrogens (tertiary/aromatic N) is 3. The highest BCUT2D eigenvalue weighted by atomic mass is 32.1. The highest BCUT2D eigenvalue weighted by Crippen LogP contribution is 2.44. The largest absolute Gasteiger partial charge is 0.508 e. The minimum absolute atomic E-state index is 0.119. The summed E-state index contributed by atoms with van der Waals surface area (Å²) >= 11 is 5.86. The van der Waals surface area contributed by atoms with Gasteiger partial charge in [-0.1, -0.05) is 12.1 Å². The second-order valence-electron chi connectivity index (χ2n) is 8.38. The van der Waals surface area contributed by atoms with Gasteiger partial charge in [0, 0.05) is 35.0 Å². The van der Waals surface area contributed by atoms with Gasteiger partial charge < -0.3 is 24.6 Å². The Hall–Kier alpha value is -3.84. The summed E-state index contributed by atoms with van der Waals surface area (Å²) in [5.74, 6) is 1.02. The Morgan fingerprint density at radius 2 is 1.76 bits per heavy atom. The number of methoxy groups -OCH3 is 1. The van der Waals surface area contributed by atoms with Gasteiger partial charge in [-0.2, -0.15) is 0 Å². The van der Waals surface area contributed by atoms with Gasteiger partial charge in [-0.05, 0) is 86.2 Å². The van der Waals surface area contributed by atoms with Gasteiger partial charge in [0.2, 0.25) is 0 Å². The molecule has 5 rings (SSSR count). The summed E-state index contributed by atoms with van der Waals surface area (Å²) in [5.41, 5.74) is 6.23. The van der Waals surface area contributed by atoms with Crippen molar-refractivity contribution in [1.82, 2.24) is 14.9 Å². The van der Waals surface area contributed by atoms with Crippen LogP contribution in [0.25, 0.3) is 5.69 Å². The van der Waals surface area contributed by atoms with E-state index < -0.39 is 0 Å². The predicted octanol–water partition coefficient (Wildman–Crippen LogP) is 5.38. The summed E-state index contributed by atoms with van der Waals surface area (Å²) in [6.07, 6.45) is 1.81. The van der Waals surface area contributed by atoms with Crippen molar-refractivity contribution >= 4 is 23.0 Å². The molecule has 0 radical (unpaired) electrons. The van der Waals surface area contributed by atoms with Gasteiger partial charge in [0.1, 0.15) is 11.5 Å². The number of thiocarbonyl (C=S) groups is 1. The van der Waals surface area contributed by atoms with E-state index in [1.54, 1.807) is 19.2 Å². The highest BCUT2D eigenvalue weighted by Gasteiger charge is 2.42. The molecule has 3 heterocycles. The molecular weight excluding hydrogens is 444 g/mol. The maximum Gasteiger partial charge on any atom is 0.174 e. The molecule has 1 fully saturated rings. The van der Waals surface area contributed by atoms with Crippen molar-refractivity contribution in [3.05, 3.63) is 102 Å². The van der Waals surface area contributed by atoms with Gasteiger partial charge in [0.25, 0.3) is 0 Å². The number of phenolic OH excluding ortho intramolecular Hbond substituents is 1. The molecule has 2 atom stereocenters. The number of phenols is 1. The van der Waals surface area contributed by atoms with Crippen molar-refractivity contribution in [2.24, 2.45) is 0 Å². The molecule has 0 aliphatic carbocycles. The minimum Gasteiger partial charge on any atom is -0.508 e. The van der Waals surface area contributed by atoms with Crippen LogP contribution in [-0.2, 0) is 0 Å². The van der Waals surface area contributed by atoms with Gasteiger partial charge in [0.15, 0.2) is 5.11 Å². The number of nitrogens with one attached hydrogen (secondary N) is 1. The molecule has 0 bridgehead atoms. The number of aromatic nitrogens is 2. The van der Waals surface area contributed by atoms with E-state index in [2.05, 4.69) is 39.7 Å². The summed E-state index contributed by atoms with van der Waals surface area (Å²) in [5, 5.41) is 13.9. The van der Waals surface area contributed by atoms with Crippen LogP contribution in [0.2, 0.25) is 0 Å². The summed E-state index contributed by atoms with van der Waals surface area (Å²) < 4.78 is 7.69. The van der Waals surface area contributed by atoms with Crippen LogP contribution in [-0.4, -0.2) is 26.9 Å². The first kappa shape index (κ1) is 22.0. The van der Waals surface area contributed by atoms with Crippen LogP contribution in [0.15, 0.2) is 79.0 Å². The third-order valence-electron chi connectivity index (χ3n) is 6.33. The first-order chi connectivity index (χ1) is 16.5. The van der Waals surface area contributed by atoms with Crippen LogP contribution < -0.4 is 15.0 Å². The summed E-state index contributed by atoms with van der Waals surface area (Å²) in [7, 11) is 1.67. The second-order valence-corrected chi connectivity index (χ2v) is 8.76. The number of rotatable bonds is 5. The lowest BCUT2D eigenvalue weighted by Crippen LogP contribution is -2.29. The fourth-order valence-electron chi connectivity index (χ4n) is 4.80. The minimum atomic E-state index is -0.131. The van der Waals surface area contributed by atoms with Crippen molar-refractivity contribution < 1.29 is 9.84 Å². The van der Waals surface area contributed by atoms with Crippen molar-refractivity contribution in [3.63, 3.8) is 0 Å². The zero-order valence-electron chi connectivity index (χ0n) is 19.3. The molecule has 0 spiro atoms. The topological polar surface area (TPSA) is 62.5 Å². The fourth-order valence-corrected chi connectivity index (χ4v) is 5.14. The van der Waals surface area contributed by atoms with Crippen LogP contribution >= 0.6 is 12.2 Å². The molecule has 2 unspecified atom stereocenters. The lowest BCUT2D eigenvalue weighted by atomic mass is 9.96. The average Bonchev–Trinajstić information content (AvgIpc) is 3.35. The van der Waals surface area contributed by atoms with Crippen LogP contribution in [0.3, 0.4) is 0 Å². The van der Waals surface area contributed by atoms with Crippen LogP contribution in [0.1, 0.15) is 34.7 Å². The third kappa shape index (κ3) is 3.78. The highest BCUT2D eigenvalue weighted by molar-refractivity contribution is 7.80. The quantitative estimate of drug-likeness (QED) is 0.382. The van der Waals surface area contributed by atoms with E-state index in [0.29, 0.717) is 5.11 Å². The lowest BCUT2D eigenvalue weighted by molar-refractivity contribution is 0.415. The van der Waals surface area contributed by atoms with Crippen LogP contribution in [0.4, 0.5) is 5.69 Å². The van der Waals surface area contributed by atoms with Gasteiger partial charge >= 0.3 is 0 Å². The second kappa shape index (κ2) is 8.83. The maximum atomic E-state index is 9.76. The molecule has 0 amide bonds. The van der Waals surface area contributed by atoms with Crippen LogP contribution in [0.5, 0.6) is 11.5 Å². The lowest BCUT2D eigenvalue weighted by Gasteiger charge is -2.28. The number of hydrogen-bond donors (Lipinski definition) is 2. The van der Waals surface area contributed by atoms with Gasteiger partial charge in [-0.3, -0.25) is 4.98 Å². The standard InChI is InChI=1S/C27H26N4O2S/c1-17-15-23(18(2)30(17)19-10-12-21(32)13-11-19)26-25(24-9-4-5-14-28-24)29-27(34)31(26)20-7-6-8-22(16-20)33-3/h4-16,25-26,32H,1-3H3,(H,29,34). The maximum absolute atomic E-state index is 9.76. The van der Waals surface area contributed by atoms with E-state index in [-0.39, 0.29) is 17.8 Å². The Labute approximate surface area is 204 Å². The van der Waals surface area contributed by atoms with E-state index in [1.807, 2.05) is 60.8 Å². The first-order valence-electron chi connectivity index (χ1n) is 11.1. The molecule has 34 heavy (non-hydrogen) atoms. The number of pyridine rings is 1. The number of hydrogen-bond acceptors (Lipinski definition) is 4. The van der Waals surface area contributed by atoms with Crippen molar-refractivity contribution in [3.8, 4) is 17.2 Å². The molecule has 1 aliphatic heterocycles. The molecule has 0 saturated carbocycles. The Morgan fingerprint density at radius 3 is 2.47 bits per heavy atom. The Morgan fingerprint density at radius 1 is 0.971 bits per heavy atom. The number of benzene rings is 2. The van der Waals surface area contributed by atoms with E-state index in [0.717, 1.165) is 39.8 Å². The Balaban J connectivity index is 1.68. The monoisotopic (exact) mass is 470 g/mol. The van der Waals surface area contributed by atoms with E-state index in [1.165, 1.54) is 0 Å².